The van der Waals surface area contributed by atoms with E-state index in [2.05, 4.69) is 4.84 Å². The van der Waals surface area contributed by atoms with E-state index in [1.165, 1.54) is 6.92 Å². The molecule has 1 rings (SSSR count). The second-order valence-corrected chi connectivity index (χ2v) is 3.61. The topological polar surface area (TPSA) is 75.8 Å². The Bertz CT molecular complexity index is 248. The number of nitrogens with two attached hydrogens (primary N) is 1. The highest BCUT2D eigenvalue weighted by Crippen LogP contribution is 2.29. The quantitative estimate of drug-likeness (QED) is 0.620. The highest BCUT2D eigenvalue weighted by atomic mass is 19.3. The van der Waals surface area contributed by atoms with Crippen LogP contribution in [0.4, 0.5) is 8.78 Å². The van der Waals surface area contributed by atoms with Crippen LogP contribution in [0.5, 0.6) is 0 Å². The summed E-state index contributed by atoms with van der Waals surface area (Å²) in [6, 6.07) is 0. The molecule has 3 N–H and O–H groups in total. The molecule has 15 heavy (non-hydrogen) atoms. The van der Waals surface area contributed by atoms with Crippen LogP contribution >= 0.6 is 0 Å². The lowest BCUT2D eigenvalue weighted by molar-refractivity contribution is -0.184. The van der Waals surface area contributed by atoms with E-state index in [9.17, 15) is 13.6 Å². The van der Waals surface area contributed by atoms with Crippen molar-refractivity contribution in [2.75, 3.05) is 13.1 Å². The van der Waals surface area contributed by atoms with E-state index >= 15 is 0 Å². The van der Waals surface area contributed by atoms with Gasteiger partial charge in [0.15, 0.2) is 0 Å². The fourth-order valence-electron chi connectivity index (χ4n) is 1.54. The second kappa shape index (κ2) is 4.38. The molecule has 0 spiro atoms. The highest BCUT2D eigenvalue weighted by molar-refractivity contribution is 5.80. The summed E-state index contributed by atoms with van der Waals surface area (Å²) in [5.41, 5.74) is 0. The van der Waals surface area contributed by atoms with Gasteiger partial charge in [0.25, 0.3) is 11.8 Å². The summed E-state index contributed by atoms with van der Waals surface area (Å²) in [4.78, 5) is 16.3. The zero-order valence-corrected chi connectivity index (χ0v) is 8.32. The predicted octanol–water partition coefficient (Wildman–Crippen LogP) is -0.506. The van der Waals surface area contributed by atoms with Crippen molar-refractivity contribution in [2.45, 2.75) is 31.5 Å². The zero-order valence-electron chi connectivity index (χ0n) is 8.32. The molecular weight excluding hydrogens is 210 g/mol. The molecule has 2 atom stereocenters. The third kappa shape index (κ3) is 2.61. The molecule has 0 radical (unpaired) electrons. The van der Waals surface area contributed by atoms with Gasteiger partial charge in [-0.15, -0.1) is 0 Å². The Morgan fingerprint density at radius 3 is 2.73 bits per heavy atom. The summed E-state index contributed by atoms with van der Waals surface area (Å²) >= 11 is 0. The van der Waals surface area contributed by atoms with Gasteiger partial charge in [-0.05, 0) is 13.3 Å². The van der Waals surface area contributed by atoms with E-state index in [-0.39, 0.29) is 13.0 Å². The molecule has 0 aliphatic carbocycles. The number of aliphatic hydroxyl groups is 1. The molecule has 1 aliphatic rings. The van der Waals surface area contributed by atoms with Crippen molar-refractivity contribution in [3.05, 3.63) is 0 Å². The first-order valence-electron chi connectivity index (χ1n) is 4.58. The summed E-state index contributed by atoms with van der Waals surface area (Å²) in [7, 11) is 0. The van der Waals surface area contributed by atoms with Crippen molar-refractivity contribution in [3.63, 3.8) is 0 Å². The maximum atomic E-state index is 13.3. The van der Waals surface area contributed by atoms with E-state index in [0.29, 0.717) is 0 Å². The van der Waals surface area contributed by atoms with Gasteiger partial charge in [-0.3, -0.25) is 9.63 Å². The molecular formula is C8H14F2N2O3. The Kier molecular flexibility index (Phi) is 3.58. The third-order valence-electron chi connectivity index (χ3n) is 2.37. The number of carbonyl (C=O) groups excluding carboxylic acids is 1. The summed E-state index contributed by atoms with van der Waals surface area (Å²) < 4.78 is 26.5. The number of piperidine rings is 1. The fraction of sp³-hybridized carbons (Fsp3) is 0.875. The molecule has 0 bridgehead atoms. The number of likely N-dealkylation sites (tertiary alicyclic amines) is 1. The third-order valence-corrected chi connectivity index (χ3v) is 2.37. The van der Waals surface area contributed by atoms with E-state index in [1.54, 1.807) is 0 Å². The van der Waals surface area contributed by atoms with Crippen LogP contribution in [0, 0.1) is 0 Å². The molecule has 0 aromatic heterocycles. The van der Waals surface area contributed by atoms with Crippen LogP contribution in [0.3, 0.4) is 0 Å². The van der Waals surface area contributed by atoms with Crippen LogP contribution in [0.1, 0.15) is 13.3 Å². The van der Waals surface area contributed by atoms with Gasteiger partial charge in [-0.25, -0.2) is 14.7 Å². The van der Waals surface area contributed by atoms with Gasteiger partial charge in [0.05, 0.1) is 6.54 Å². The summed E-state index contributed by atoms with van der Waals surface area (Å²) in [5, 5.41) is 8.97. The fourth-order valence-corrected chi connectivity index (χ4v) is 1.54. The van der Waals surface area contributed by atoms with Gasteiger partial charge in [-0.2, -0.15) is 0 Å². The van der Waals surface area contributed by atoms with Crippen LogP contribution in [-0.4, -0.2) is 47.1 Å². The number of hydrogen-bond acceptors (Lipinski definition) is 4. The minimum absolute atomic E-state index is 0.0397. The number of nitrogens with zero attached hydrogens (tertiary/aromatic N) is 1. The van der Waals surface area contributed by atoms with Crippen molar-refractivity contribution >= 4 is 5.91 Å². The molecule has 7 heteroatoms. The van der Waals surface area contributed by atoms with Gasteiger partial charge >= 0.3 is 0 Å². The Labute approximate surface area is 85.7 Å². The van der Waals surface area contributed by atoms with E-state index in [1.807, 2.05) is 0 Å². The first-order chi connectivity index (χ1) is 6.88. The van der Waals surface area contributed by atoms with Gasteiger partial charge in [0, 0.05) is 6.54 Å². The molecule has 0 saturated carbocycles. The molecule has 1 fully saturated rings. The minimum Gasteiger partial charge on any atom is -0.384 e. The van der Waals surface area contributed by atoms with Crippen molar-refractivity contribution in [1.82, 2.24) is 4.90 Å². The molecule has 0 unspecified atom stereocenters. The number of halogens is 2. The average molecular weight is 224 g/mol. The SMILES string of the molecule is C[C@H](O)C(=O)N1CC[C@H](ON)C(F)(F)C1. The monoisotopic (exact) mass is 224 g/mol. The van der Waals surface area contributed by atoms with Crippen molar-refractivity contribution in [1.29, 1.82) is 0 Å². The standard InChI is InChI=1S/C8H14F2N2O3/c1-5(13)7(14)12-3-2-6(15-11)8(9,10)4-12/h5-6,13H,2-4,11H2,1H3/t5-,6-/m0/s1. The lowest BCUT2D eigenvalue weighted by atomic mass is 10.0. The highest BCUT2D eigenvalue weighted by Gasteiger charge is 2.47. The maximum absolute atomic E-state index is 13.3. The first kappa shape index (κ1) is 12.3. The van der Waals surface area contributed by atoms with Crippen LogP contribution in [0.15, 0.2) is 0 Å². The zero-order chi connectivity index (χ0) is 11.6. The number of aliphatic hydroxyl groups excluding tert-OH is 1. The largest absolute Gasteiger partial charge is 0.384 e. The Balaban J connectivity index is 2.66. The lowest BCUT2D eigenvalue weighted by Gasteiger charge is -2.37. The number of hydrogen-bond donors (Lipinski definition) is 2. The van der Waals surface area contributed by atoms with Crippen molar-refractivity contribution < 1.29 is 23.5 Å². The second-order valence-electron chi connectivity index (χ2n) is 3.61. The number of rotatable bonds is 2. The lowest BCUT2D eigenvalue weighted by Crippen LogP contribution is -2.56. The van der Waals surface area contributed by atoms with E-state index in [4.69, 9.17) is 11.0 Å². The summed E-state index contributed by atoms with van der Waals surface area (Å²) in [6.45, 7) is 0.589. The Hall–Kier alpha value is -0.790. The van der Waals surface area contributed by atoms with E-state index in [0.717, 1.165) is 4.90 Å². The molecule has 1 heterocycles. The van der Waals surface area contributed by atoms with Gasteiger partial charge in [0.2, 0.25) is 0 Å². The number of alkyl halides is 2. The molecule has 1 aliphatic heterocycles. The summed E-state index contributed by atoms with van der Waals surface area (Å²) in [5.74, 6) is 0.855. The smallest absolute Gasteiger partial charge is 0.292 e. The molecule has 1 amide bonds. The average Bonchev–Trinajstić information content (AvgIpc) is 2.15. The van der Waals surface area contributed by atoms with Crippen LogP contribution in [0.25, 0.3) is 0 Å². The van der Waals surface area contributed by atoms with Gasteiger partial charge in [0.1, 0.15) is 12.2 Å². The number of carbonyl (C=O) groups is 1. The predicted molar refractivity (Wildman–Crippen MR) is 46.9 cm³/mol. The molecule has 0 aromatic carbocycles. The van der Waals surface area contributed by atoms with Crippen molar-refractivity contribution in [3.8, 4) is 0 Å². The molecule has 0 aromatic rings. The van der Waals surface area contributed by atoms with Crippen LogP contribution in [0.2, 0.25) is 0 Å². The molecule has 1 saturated heterocycles. The normalized spacial score (nSPS) is 27.5. The van der Waals surface area contributed by atoms with Gasteiger partial charge < -0.3 is 10.0 Å². The Morgan fingerprint density at radius 1 is 1.73 bits per heavy atom. The van der Waals surface area contributed by atoms with Crippen LogP contribution < -0.4 is 5.90 Å². The molecule has 5 nitrogen and oxygen atoms in total. The van der Waals surface area contributed by atoms with Gasteiger partial charge in [-0.1, -0.05) is 0 Å². The first-order valence-corrected chi connectivity index (χ1v) is 4.58. The Morgan fingerprint density at radius 2 is 2.33 bits per heavy atom. The van der Waals surface area contributed by atoms with E-state index < -0.39 is 30.6 Å². The molecule has 88 valence electrons. The number of amides is 1. The maximum Gasteiger partial charge on any atom is 0.292 e. The van der Waals surface area contributed by atoms with Crippen LogP contribution in [-0.2, 0) is 9.63 Å². The summed E-state index contributed by atoms with van der Waals surface area (Å²) in [6.07, 6.45) is -2.67. The van der Waals surface area contributed by atoms with Crippen molar-refractivity contribution in [2.24, 2.45) is 5.90 Å². The minimum atomic E-state index is -3.17.